The van der Waals surface area contributed by atoms with Crippen LogP contribution < -0.4 is 10.1 Å². The highest BCUT2D eigenvalue weighted by Crippen LogP contribution is 2.20. The van der Waals surface area contributed by atoms with Gasteiger partial charge in [-0.2, -0.15) is 0 Å². The molecule has 0 atom stereocenters. The van der Waals surface area contributed by atoms with Gasteiger partial charge in [0, 0.05) is 18.3 Å². The van der Waals surface area contributed by atoms with Gasteiger partial charge >= 0.3 is 0 Å². The molecule has 0 saturated heterocycles. The minimum Gasteiger partial charge on any atom is -0.439 e. The highest BCUT2D eigenvalue weighted by atomic mass is 16.5. The van der Waals surface area contributed by atoms with E-state index in [1.807, 2.05) is 56.4 Å². The molecule has 0 aliphatic rings. The second kappa shape index (κ2) is 5.46. The molecule has 3 nitrogen and oxygen atoms in total. The van der Waals surface area contributed by atoms with Crippen molar-refractivity contribution in [3.63, 3.8) is 0 Å². The Labute approximate surface area is 101 Å². The molecule has 88 valence electrons. The molecule has 3 heteroatoms. The predicted molar refractivity (Wildman–Crippen MR) is 68.3 cm³/mol. The average Bonchev–Trinajstić information content (AvgIpc) is 2.30. The zero-order valence-electron chi connectivity index (χ0n) is 10.1. The number of hydrogen-bond acceptors (Lipinski definition) is 3. The molecule has 0 aliphatic carbocycles. The molecular formula is C14H16N2O. The summed E-state index contributed by atoms with van der Waals surface area (Å²) in [4.78, 5) is 4.36. The molecule has 0 unspecified atom stereocenters. The van der Waals surface area contributed by atoms with Gasteiger partial charge < -0.3 is 10.1 Å². The molecule has 1 N–H and O–H groups in total. The van der Waals surface area contributed by atoms with E-state index in [0.29, 0.717) is 5.88 Å². The van der Waals surface area contributed by atoms with Crippen molar-refractivity contribution in [3.05, 3.63) is 53.7 Å². The van der Waals surface area contributed by atoms with Crippen molar-refractivity contribution in [1.29, 1.82) is 0 Å². The summed E-state index contributed by atoms with van der Waals surface area (Å²) in [6, 6.07) is 13.7. The number of aromatic nitrogens is 1. The second-order valence-electron chi connectivity index (χ2n) is 3.90. The van der Waals surface area contributed by atoms with Crippen LogP contribution in [0, 0.1) is 6.92 Å². The number of rotatable bonds is 4. The van der Waals surface area contributed by atoms with Gasteiger partial charge in [-0.05, 0) is 37.7 Å². The molecule has 2 aromatic rings. The number of nitrogens with zero attached hydrogens (tertiary/aromatic N) is 1. The zero-order chi connectivity index (χ0) is 12.1. The van der Waals surface area contributed by atoms with E-state index in [1.165, 1.54) is 5.56 Å². The van der Waals surface area contributed by atoms with Crippen LogP contribution in [0.25, 0.3) is 0 Å². The molecule has 1 heterocycles. The van der Waals surface area contributed by atoms with Gasteiger partial charge in [0.2, 0.25) is 5.88 Å². The molecule has 1 aromatic heterocycles. The van der Waals surface area contributed by atoms with E-state index in [0.717, 1.165) is 18.0 Å². The predicted octanol–water partition coefficient (Wildman–Crippen LogP) is 2.90. The average molecular weight is 228 g/mol. The maximum Gasteiger partial charge on any atom is 0.219 e. The van der Waals surface area contributed by atoms with E-state index >= 15 is 0 Å². The molecule has 0 aliphatic heterocycles. The number of para-hydroxylation sites is 1. The maximum absolute atomic E-state index is 5.71. The Morgan fingerprint density at radius 2 is 1.94 bits per heavy atom. The van der Waals surface area contributed by atoms with Gasteiger partial charge in [-0.15, -0.1) is 0 Å². The van der Waals surface area contributed by atoms with Crippen LogP contribution in [0.2, 0.25) is 0 Å². The van der Waals surface area contributed by atoms with Crippen molar-refractivity contribution < 1.29 is 4.74 Å². The molecule has 0 saturated carbocycles. The number of ether oxygens (including phenoxy) is 1. The highest BCUT2D eigenvalue weighted by Gasteiger charge is 2.02. The smallest absolute Gasteiger partial charge is 0.219 e. The van der Waals surface area contributed by atoms with Crippen molar-refractivity contribution in [2.75, 3.05) is 7.05 Å². The van der Waals surface area contributed by atoms with Crippen LogP contribution >= 0.6 is 0 Å². The third-order valence-corrected chi connectivity index (χ3v) is 2.34. The van der Waals surface area contributed by atoms with Gasteiger partial charge in [-0.25, -0.2) is 4.98 Å². The van der Waals surface area contributed by atoms with Crippen LogP contribution in [0.1, 0.15) is 11.3 Å². The zero-order valence-corrected chi connectivity index (χ0v) is 10.1. The summed E-state index contributed by atoms with van der Waals surface area (Å²) in [5.41, 5.74) is 2.13. The first-order valence-corrected chi connectivity index (χ1v) is 5.63. The van der Waals surface area contributed by atoms with Crippen molar-refractivity contribution in [1.82, 2.24) is 10.3 Å². The summed E-state index contributed by atoms with van der Waals surface area (Å²) in [6.45, 7) is 2.78. The summed E-state index contributed by atoms with van der Waals surface area (Å²) >= 11 is 0. The molecular weight excluding hydrogens is 212 g/mol. The standard InChI is InChI=1S/C14H16N2O/c1-11-8-12(10-15-2)9-14(16-11)17-13-6-4-3-5-7-13/h3-9,15H,10H2,1-2H3. The SMILES string of the molecule is CNCc1cc(C)nc(Oc2ccccc2)c1. The summed E-state index contributed by atoms with van der Waals surface area (Å²) in [7, 11) is 1.92. The van der Waals surface area contributed by atoms with Crippen LogP contribution in [0.3, 0.4) is 0 Å². The van der Waals surface area contributed by atoms with Crippen molar-refractivity contribution in [2.24, 2.45) is 0 Å². The van der Waals surface area contributed by atoms with Crippen molar-refractivity contribution in [3.8, 4) is 11.6 Å². The van der Waals surface area contributed by atoms with E-state index in [1.54, 1.807) is 0 Å². The van der Waals surface area contributed by atoms with Crippen LogP contribution in [0.4, 0.5) is 0 Å². The second-order valence-corrected chi connectivity index (χ2v) is 3.90. The fourth-order valence-corrected chi connectivity index (χ4v) is 1.67. The summed E-state index contributed by atoms with van der Waals surface area (Å²) in [5, 5.41) is 3.12. The Kier molecular flexibility index (Phi) is 3.73. The normalized spacial score (nSPS) is 10.2. The summed E-state index contributed by atoms with van der Waals surface area (Å²) < 4.78 is 5.71. The maximum atomic E-state index is 5.71. The highest BCUT2D eigenvalue weighted by molar-refractivity contribution is 5.30. The van der Waals surface area contributed by atoms with E-state index < -0.39 is 0 Å². The summed E-state index contributed by atoms with van der Waals surface area (Å²) in [6.07, 6.45) is 0. The number of pyridine rings is 1. The quantitative estimate of drug-likeness (QED) is 0.873. The molecule has 2 rings (SSSR count). The monoisotopic (exact) mass is 228 g/mol. The van der Waals surface area contributed by atoms with Crippen molar-refractivity contribution >= 4 is 0 Å². The van der Waals surface area contributed by atoms with E-state index in [9.17, 15) is 0 Å². The van der Waals surface area contributed by atoms with E-state index in [4.69, 9.17) is 4.74 Å². The van der Waals surface area contributed by atoms with Gasteiger partial charge in [-0.1, -0.05) is 18.2 Å². The molecule has 17 heavy (non-hydrogen) atoms. The Morgan fingerprint density at radius 3 is 2.65 bits per heavy atom. The molecule has 0 fully saturated rings. The Balaban J connectivity index is 2.21. The molecule has 1 aromatic carbocycles. The van der Waals surface area contributed by atoms with Gasteiger partial charge in [0.1, 0.15) is 5.75 Å². The minimum atomic E-state index is 0.640. The molecule has 0 amide bonds. The van der Waals surface area contributed by atoms with E-state index in [-0.39, 0.29) is 0 Å². The molecule has 0 spiro atoms. The molecule has 0 radical (unpaired) electrons. The third kappa shape index (κ3) is 3.29. The van der Waals surface area contributed by atoms with Gasteiger partial charge in [-0.3, -0.25) is 0 Å². The van der Waals surface area contributed by atoms with Gasteiger partial charge in [0.25, 0.3) is 0 Å². The van der Waals surface area contributed by atoms with Crippen LogP contribution in [0.15, 0.2) is 42.5 Å². The lowest BCUT2D eigenvalue weighted by Gasteiger charge is -2.08. The Morgan fingerprint density at radius 1 is 1.18 bits per heavy atom. The third-order valence-electron chi connectivity index (χ3n) is 2.34. The summed E-state index contributed by atoms with van der Waals surface area (Å²) in [5.74, 6) is 1.45. The lowest BCUT2D eigenvalue weighted by Crippen LogP contribution is -2.06. The number of nitrogens with one attached hydrogen (secondary N) is 1. The topological polar surface area (TPSA) is 34.2 Å². The molecule has 0 bridgehead atoms. The number of hydrogen-bond donors (Lipinski definition) is 1. The van der Waals surface area contributed by atoms with Crippen LogP contribution in [-0.2, 0) is 6.54 Å². The first kappa shape index (κ1) is 11.6. The lowest BCUT2D eigenvalue weighted by molar-refractivity contribution is 0.460. The Bertz CT molecular complexity index is 483. The fraction of sp³-hybridized carbons (Fsp3) is 0.214. The van der Waals surface area contributed by atoms with Crippen LogP contribution in [0.5, 0.6) is 11.6 Å². The lowest BCUT2D eigenvalue weighted by atomic mass is 10.2. The van der Waals surface area contributed by atoms with Crippen molar-refractivity contribution in [2.45, 2.75) is 13.5 Å². The number of benzene rings is 1. The van der Waals surface area contributed by atoms with Gasteiger partial charge in [0.15, 0.2) is 0 Å². The number of aryl methyl sites for hydroxylation is 1. The largest absolute Gasteiger partial charge is 0.439 e. The van der Waals surface area contributed by atoms with E-state index in [2.05, 4.69) is 10.3 Å². The van der Waals surface area contributed by atoms with Gasteiger partial charge in [0.05, 0.1) is 0 Å². The first-order chi connectivity index (χ1) is 8.28. The van der Waals surface area contributed by atoms with Crippen LogP contribution in [-0.4, -0.2) is 12.0 Å². The first-order valence-electron chi connectivity index (χ1n) is 5.63. The Hall–Kier alpha value is -1.87. The fourth-order valence-electron chi connectivity index (χ4n) is 1.67. The minimum absolute atomic E-state index is 0.640.